The molecule has 0 aromatic heterocycles. The Labute approximate surface area is 101 Å². The van der Waals surface area contributed by atoms with Crippen LogP contribution >= 0.6 is 0 Å². The van der Waals surface area contributed by atoms with Gasteiger partial charge in [0.05, 0.1) is 6.42 Å². The molecule has 0 spiro atoms. The zero-order valence-electron chi connectivity index (χ0n) is 10.5. The average Bonchev–Trinajstić information content (AvgIpc) is 2.36. The van der Waals surface area contributed by atoms with Crippen LogP contribution < -0.4 is 21.7 Å². The Kier molecular flexibility index (Phi) is 6.39. The monoisotopic (exact) mass is 241 g/mol. The molecule has 0 aromatic carbocycles. The van der Waals surface area contributed by atoms with Crippen molar-refractivity contribution in [1.29, 1.82) is 0 Å². The van der Waals surface area contributed by atoms with E-state index < -0.39 is 0 Å². The number of hydrogen-bond acceptors (Lipinski definition) is 4. The highest BCUT2D eigenvalue weighted by Gasteiger charge is 2.18. The Morgan fingerprint density at radius 2 is 1.71 bits per heavy atom. The van der Waals surface area contributed by atoms with Gasteiger partial charge in [-0.1, -0.05) is 0 Å². The molecule has 0 rings (SSSR count). The van der Waals surface area contributed by atoms with Gasteiger partial charge in [0.15, 0.2) is 0 Å². The summed E-state index contributed by atoms with van der Waals surface area (Å²) in [5, 5.41) is 7.72. The van der Waals surface area contributed by atoms with Gasteiger partial charge in [-0.2, -0.15) is 0 Å². The Morgan fingerprint density at radius 3 is 2.06 bits per heavy atom. The van der Waals surface area contributed by atoms with Gasteiger partial charge in [-0.05, 0) is 0 Å². The summed E-state index contributed by atoms with van der Waals surface area (Å²) in [6.45, 7) is 0. The summed E-state index contributed by atoms with van der Waals surface area (Å²) in [5.41, 5.74) is 6.25. The van der Waals surface area contributed by atoms with E-state index in [0.29, 0.717) is 5.70 Å². The highest BCUT2D eigenvalue weighted by atomic mass is 16.2. The molecule has 0 fully saturated rings. The number of carbonyl (C=O) groups excluding carboxylic acids is 2. The summed E-state index contributed by atoms with van der Waals surface area (Å²) >= 11 is 0. The number of likely N-dealkylation sites (N-methyl/N-ethyl adjacent to an activating group) is 1. The lowest BCUT2D eigenvalue weighted by Gasteiger charge is -2.13. The fourth-order valence-corrected chi connectivity index (χ4v) is 1.20. The van der Waals surface area contributed by atoms with Crippen LogP contribution in [-0.4, -0.2) is 45.8 Å². The molecule has 0 saturated heterocycles. The predicted molar refractivity (Wildman–Crippen MR) is 66.4 cm³/mol. The van der Waals surface area contributed by atoms with Crippen LogP contribution in [0.3, 0.4) is 0 Å². The molecule has 0 aliphatic rings. The van der Waals surface area contributed by atoms with E-state index in [1.54, 1.807) is 7.05 Å². The summed E-state index contributed by atoms with van der Waals surface area (Å²) in [6, 6.07) is 0. The predicted octanol–water partition coefficient (Wildman–Crippen LogP) is -1.67. The third-order valence-electron chi connectivity index (χ3n) is 2.17. The molecule has 0 heterocycles. The Hall–Kier alpha value is -2.05. The maximum absolute atomic E-state index is 11.7. The van der Waals surface area contributed by atoms with E-state index in [2.05, 4.69) is 20.9 Å². The smallest absolute Gasteiger partial charge is 0.256 e. The lowest BCUT2D eigenvalue weighted by molar-refractivity contribution is -0.120. The summed E-state index contributed by atoms with van der Waals surface area (Å²) in [7, 11) is 6.10. The first-order valence-corrected chi connectivity index (χ1v) is 5.07. The molecule has 96 valence electrons. The number of rotatable bonds is 5. The van der Waals surface area contributed by atoms with Gasteiger partial charge in [-0.25, -0.2) is 0 Å². The van der Waals surface area contributed by atoms with Crippen LogP contribution in [0.15, 0.2) is 16.3 Å². The summed E-state index contributed by atoms with van der Waals surface area (Å²) in [6.07, 6.45) is 0.0337. The van der Waals surface area contributed by atoms with Crippen molar-refractivity contribution >= 4 is 17.6 Å². The van der Waals surface area contributed by atoms with Crippen molar-refractivity contribution in [2.75, 3.05) is 28.2 Å². The molecule has 0 radical (unpaired) electrons. The van der Waals surface area contributed by atoms with Crippen molar-refractivity contribution in [2.45, 2.75) is 6.42 Å². The largest absolute Gasteiger partial charge is 0.390 e. The molecular formula is C10H19N5O2. The molecular weight excluding hydrogens is 222 g/mol. The number of carbonyl (C=O) groups is 2. The van der Waals surface area contributed by atoms with Crippen molar-refractivity contribution in [3.8, 4) is 0 Å². The molecule has 2 amide bonds. The average molecular weight is 241 g/mol. The van der Waals surface area contributed by atoms with E-state index in [-0.39, 0.29) is 29.6 Å². The summed E-state index contributed by atoms with van der Waals surface area (Å²) in [4.78, 5) is 26.8. The van der Waals surface area contributed by atoms with Crippen LogP contribution in [0.25, 0.3) is 0 Å². The van der Waals surface area contributed by atoms with Gasteiger partial charge in [0.1, 0.15) is 11.4 Å². The normalized spacial score (nSPS) is 12.6. The molecule has 0 saturated carbocycles. The molecule has 17 heavy (non-hydrogen) atoms. The Bertz CT molecular complexity index is 360. The quantitative estimate of drug-likeness (QED) is 0.262. The first kappa shape index (κ1) is 14.9. The maximum Gasteiger partial charge on any atom is 0.256 e. The third-order valence-corrected chi connectivity index (χ3v) is 2.17. The highest BCUT2D eigenvalue weighted by molar-refractivity contribution is 6.20. The number of amidine groups is 1. The minimum Gasteiger partial charge on any atom is -0.390 e. The van der Waals surface area contributed by atoms with E-state index >= 15 is 0 Å². The number of aliphatic imine (C=N–C) groups is 1. The van der Waals surface area contributed by atoms with Crippen LogP contribution in [-0.2, 0) is 9.59 Å². The first-order valence-electron chi connectivity index (χ1n) is 5.07. The Balaban J connectivity index is 5.44. The van der Waals surface area contributed by atoms with Crippen LogP contribution in [0.2, 0.25) is 0 Å². The SMILES string of the molecule is CN=C(N)/C(C(=O)NC)=C(/CC(=O)NC)NC. The zero-order valence-corrected chi connectivity index (χ0v) is 10.5. The van der Waals surface area contributed by atoms with E-state index in [1.165, 1.54) is 21.1 Å². The lowest BCUT2D eigenvalue weighted by Crippen LogP contribution is -2.34. The van der Waals surface area contributed by atoms with Crippen molar-refractivity contribution in [3.05, 3.63) is 11.3 Å². The second-order valence-electron chi connectivity index (χ2n) is 3.14. The number of nitrogens with two attached hydrogens (primary N) is 1. The van der Waals surface area contributed by atoms with Gasteiger partial charge in [0.2, 0.25) is 5.91 Å². The summed E-state index contributed by atoms with van der Waals surface area (Å²) < 4.78 is 0. The number of nitrogens with one attached hydrogen (secondary N) is 3. The maximum atomic E-state index is 11.7. The van der Waals surface area contributed by atoms with Gasteiger partial charge < -0.3 is 21.7 Å². The molecule has 0 aromatic rings. The van der Waals surface area contributed by atoms with Crippen molar-refractivity contribution in [3.63, 3.8) is 0 Å². The van der Waals surface area contributed by atoms with Gasteiger partial charge in [0, 0.05) is 33.9 Å². The topological polar surface area (TPSA) is 109 Å². The zero-order chi connectivity index (χ0) is 13.4. The molecule has 0 aliphatic heterocycles. The molecule has 0 unspecified atom stereocenters. The second kappa shape index (κ2) is 7.26. The van der Waals surface area contributed by atoms with E-state index in [1.807, 2.05) is 0 Å². The molecule has 7 heteroatoms. The fraction of sp³-hybridized carbons (Fsp3) is 0.500. The van der Waals surface area contributed by atoms with Gasteiger partial charge in [-0.15, -0.1) is 0 Å². The van der Waals surface area contributed by atoms with Crippen molar-refractivity contribution in [2.24, 2.45) is 10.7 Å². The number of hydrogen-bond donors (Lipinski definition) is 4. The summed E-state index contributed by atoms with van der Waals surface area (Å²) in [5.74, 6) is -0.529. The van der Waals surface area contributed by atoms with E-state index in [4.69, 9.17) is 5.73 Å². The van der Waals surface area contributed by atoms with Crippen molar-refractivity contribution < 1.29 is 9.59 Å². The minimum atomic E-state index is -0.388. The van der Waals surface area contributed by atoms with E-state index in [9.17, 15) is 9.59 Å². The minimum absolute atomic E-state index is 0.0337. The van der Waals surface area contributed by atoms with Crippen LogP contribution in [0, 0.1) is 0 Å². The first-order chi connectivity index (χ1) is 8.01. The third kappa shape index (κ3) is 4.13. The molecule has 0 bridgehead atoms. The van der Waals surface area contributed by atoms with Crippen LogP contribution in [0.5, 0.6) is 0 Å². The van der Waals surface area contributed by atoms with Gasteiger partial charge >= 0.3 is 0 Å². The molecule has 0 atom stereocenters. The molecule has 0 aliphatic carbocycles. The van der Waals surface area contributed by atoms with E-state index in [0.717, 1.165) is 0 Å². The fourth-order valence-electron chi connectivity index (χ4n) is 1.20. The standard InChI is InChI=1S/C10H19N5O2/c1-12-6(5-7(16)13-2)8(9(11)14-3)10(17)15-4/h12H,5H2,1-4H3,(H2,11,14)(H,13,16)(H,15,17)/b8-6+. The number of nitrogens with zero attached hydrogens (tertiary/aromatic N) is 1. The van der Waals surface area contributed by atoms with Gasteiger partial charge in [-0.3, -0.25) is 14.6 Å². The lowest BCUT2D eigenvalue weighted by atomic mass is 10.1. The van der Waals surface area contributed by atoms with Crippen LogP contribution in [0.1, 0.15) is 6.42 Å². The van der Waals surface area contributed by atoms with Crippen LogP contribution in [0.4, 0.5) is 0 Å². The van der Waals surface area contributed by atoms with Crippen molar-refractivity contribution in [1.82, 2.24) is 16.0 Å². The highest BCUT2D eigenvalue weighted by Crippen LogP contribution is 2.06. The molecule has 7 nitrogen and oxygen atoms in total. The van der Waals surface area contributed by atoms with Gasteiger partial charge in [0.25, 0.3) is 5.91 Å². The molecule has 5 N–H and O–H groups in total. The number of amides is 2. The Morgan fingerprint density at radius 1 is 1.12 bits per heavy atom. The second-order valence-corrected chi connectivity index (χ2v) is 3.14.